The highest BCUT2D eigenvalue weighted by Gasteiger charge is 2.39. The fraction of sp³-hybridized carbons (Fsp3) is 0.556. The van der Waals surface area contributed by atoms with Crippen LogP contribution in [0.5, 0.6) is 5.75 Å². The van der Waals surface area contributed by atoms with Gasteiger partial charge in [-0.25, -0.2) is 4.39 Å². The molecule has 0 saturated carbocycles. The summed E-state index contributed by atoms with van der Waals surface area (Å²) in [5.41, 5.74) is 5.45. The summed E-state index contributed by atoms with van der Waals surface area (Å²) in [6, 6.07) is 5.58. The Balaban J connectivity index is 1.46. The van der Waals surface area contributed by atoms with E-state index >= 15 is 0 Å². The van der Waals surface area contributed by atoms with Crippen molar-refractivity contribution in [2.75, 3.05) is 26.3 Å². The van der Waals surface area contributed by atoms with Gasteiger partial charge in [-0.3, -0.25) is 9.59 Å². The van der Waals surface area contributed by atoms with Crippen LogP contribution in [0.4, 0.5) is 4.39 Å². The molecule has 25 heavy (non-hydrogen) atoms. The van der Waals surface area contributed by atoms with Gasteiger partial charge in [0.15, 0.2) is 6.61 Å². The van der Waals surface area contributed by atoms with Gasteiger partial charge in [0, 0.05) is 19.7 Å². The Kier molecular flexibility index (Phi) is 5.53. The summed E-state index contributed by atoms with van der Waals surface area (Å²) in [7, 11) is 0. The van der Waals surface area contributed by atoms with E-state index in [0.29, 0.717) is 31.9 Å². The second kappa shape index (κ2) is 7.82. The molecule has 2 heterocycles. The number of nitrogens with two attached hydrogens (primary N) is 1. The first kappa shape index (κ1) is 17.7. The van der Waals surface area contributed by atoms with Crippen LogP contribution in [0.25, 0.3) is 0 Å². The molecule has 2 N–H and O–H groups in total. The van der Waals surface area contributed by atoms with Crippen LogP contribution in [0.3, 0.4) is 0 Å². The number of primary amides is 1. The highest BCUT2D eigenvalue weighted by atomic mass is 19.1. The first-order valence-electron chi connectivity index (χ1n) is 8.61. The predicted octanol–water partition coefficient (Wildman–Crippen LogP) is 1.33. The first-order valence-corrected chi connectivity index (χ1v) is 8.61. The van der Waals surface area contributed by atoms with Gasteiger partial charge in [-0.15, -0.1) is 0 Å². The maximum absolute atomic E-state index is 12.8. The highest BCUT2D eigenvalue weighted by molar-refractivity contribution is 5.78. The topological polar surface area (TPSA) is 81.9 Å². The number of halogens is 1. The van der Waals surface area contributed by atoms with Crippen LogP contribution < -0.4 is 10.5 Å². The molecular weight excluding hydrogens is 327 g/mol. The number of rotatable bonds is 5. The smallest absolute Gasteiger partial charge is 0.260 e. The van der Waals surface area contributed by atoms with Crippen molar-refractivity contribution in [2.45, 2.75) is 25.4 Å². The van der Waals surface area contributed by atoms with Gasteiger partial charge in [0.2, 0.25) is 5.91 Å². The molecule has 0 radical (unpaired) electrons. The highest BCUT2D eigenvalue weighted by Crippen LogP contribution is 2.33. The van der Waals surface area contributed by atoms with E-state index in [4.69, 9.17) is 15.2 Å². The van der Waals surface area contributed by atoms with Crippen molar-refractivity contribution in [2.24, 2.45) is 17.6 Å². The number of piperidine rings is 1. The van der Waals surface area contributed by atoms with Gasteiger partial charge in [0.1, 0.15) is 11.6 Å². The third kappa shape index (κ3) is 4.28. The molecule has 0 spiro atoms. The van der Waals surface area contributed by atoms with Gasteiger partial charge in [0.25, 0.3) is 5.91 Å². The SMILES string of the molecule is NC(=O)[C@H]1CCO[C@@H]1C1CCN(C(=O)COc2ccc(F)cc2)CC1. The van der Waals surface area contributed by atoms with Gasteiger partial charge in [-0.05, 0) is 49.4 Å². The number of hydrogen-bond donors (Lipinski definition) is 1. The average molecular weight is 350 g/mol. The molecule has 2 fully saturated rings. The van der Waals surface area contributed by atoms with E-state index in [1.807, 2.05) is 0 Å². The molecule has 136 valence electrons. The summed E-state index contributed by atoms with van der Waals surface area (Å²) in [6.07, 6.45) is 2.14. The Labute approximate surface area is 146 Å². The number of hydrogen-bond acceptors (Lipinski definition) is 4. The van der Waals surface area contributed by atoms with Gasteiger partial charge in [-0.1, -0.05) is 0 Å². The molecule has 1 aromatic carbocycles. The summed E-state index contributed by atoms with van der Waals surface area (Å²) in [5, 5.41) is 0. The Morgan fingerprint density at radius 1 is 1.20 bits per heavy atom. The van der Waals surface area contributed by atoms with Crippen LogP contribution >= 0.6 is 0 Å². The molecule has 3 rings (SSSR count). The lowest BCUT2D eigenvalue weighted by molar-refractivity contribution is -0.136. The first-order chi connectivity index (χ1) is 12.0. The quantitative estimate of drug-likeness (QED) is 0.869. The summed E-state index contributed by atoms with van der Waals surface area (Å²) in [6.45, 7) is 1.73. The van der Waals surface area contributed by atoms with Gasteiger partial charge in [0.05, 0.1) is 12.0 Å². The van der Waals surface area contributed by atoms with Crippen LogP contribution in [0.1, 0.15) is 19.3 Å². The minimum absolute atomic E-state index is 0.0693. The van der Waals surface area contributed by atoms with Crippen LogP contribution in [-0.2, 0) is 14.3 Å². The van der Waals surface area contributed by atoms with E-state index in [0.717, 1.165) is 12.8 Å². The van der Waals surface area contributed by atoms with Crippen molar-refractivity contribution in [3.8, 4) is 5.75 Å². The second-order valence-corrected chi connectivity index (χ2v) is 6.59. The zero-order valence-electron chi connectivity index (χ0n) is 14.0. The van der Waals surface area contributed by atoms with Gasteiger partial charge in [-0.2, -0.15) is 0 Å². The molecule has 2 saturated heterocycles. The molecule has 0 aromatic heterocycles. The lowest BCUT2D eigenvalue weighted by Crippen LogP contribution is -2.45. The van der Waals surface area contributed by atoms with E-state index in [1.165, 1.54) is 24.3 Å². The Hall–Kier alpha value is -2.15. The zero-order valence-corrected chi connectivity index (χ0v) is 14.0. The molecule has 0 aliphatic carbocycles. The van der Waals surface area contributed by atoms with Crippen LogP contribution in [-0.4, -0.2) is 49.1 Å². The molecule has 0 bridgehead atoms. The third-order valence-electron chi connectivity index (χ3n) is 5.03. The number of amides is 2. The van der Waals surface area contributed by atoms with Crippen molar-refractivity contribution >= 4 is 11.8 Å². The minimum atomic E-state index is -0.343. The summed E-state index contributed by atoms with van der Waals surface area (Å²) < 4.78 is 24.0. The van der Waals surface area contributed by atoms with Gasteiger partial charge < -0.3 is 20.1 Å². The molecule has 1 aromatic rings. The van der Waals surface area contributed by atoms with Crippen LogP contribution in [0.2, 0.25) is 0 Å². The average Bonchev–Trinajstić information content (AvgIpc) is 3.11. The number of likely N-dealkylation sites (tertiary alicyclic amines) is 1. The fourth-order valence-corrected chi connectivity index (χ4v) is 3.62. The molecule has 0 unspecified atom stereocenters. The van der Waals surface area contributed by atoms with Crippen molar-refractivity contribution < 1.29 is 23.5 Å². The standard InChI is InChI=1S/C18H23FN2O4/c19-13-1-3-14(4-2-13)25-11-16(22)21-8-5-12(6-9-21)17-15(18(20)23)7-10-24-17/h1-4,12,15,17H,5-11H2,(H2,20,23)/t15-,17+/m0/s1. The second-order valence-electron chi connectivity index (χ2n) is 6.59. The monoisotopic (exact) mass is 350 g/mol. The van der Waals surface area contributed by atoms with Crippen LogP contribution in [0.15, 0.2) is 24.3 Å². The van der Waals surface area contributed by atoms with Crippen molar-refractivity contribution in [3.05, 3.63) is 30.1 Å². The van der Waals surface area contributed by atoms with Gasteiger partial charge >= 0.3 is 0 Å². The Morgan fingerprint density at radius 2 is 1.88 bits per heavy atom. The summed E-state index contributed by atoms with van der Waals surface area (Å²) >= 11 is 0. The number of ether oxygens (including phenoxy) is 2. The minimum Gasteiger partial charge on any atom is -0.484 e. The predicted molar refractivity (Wildman–Crippen MR) is 88.2 cm³/mol. The van der Waals surface area contributed by atoms with E-state index in [2.05, 4.69) is 0 Å². The lowest BCUT2D eigenvalue weighted by atomic mass is 9.84. The molecule has 2 aliphatic rings. The van der Waals surface area contributed by atoms with E-state index in [9.17, 15) is 14.0 Å². The maximum atomic E-state index is 12.8. The molecule has 2 atom stereocenters. The Morgan fingerprint density at radius 3 is 2.52 bits per heavy atom. The molecule has 6 nitrogen and oxygen atoms in total. The number of nitrogens with zero attached hydrogens (tertiary/aromatic N) is 1. The Bertz CT molecular complexity index is 614. The third-order valence-corrected chi connectivity index (χ3v) is 5.03. The fourth-order valence-electron chi connectivity index (χ4n) is 3.62. The van der Waals surface area contributed by atoms with E-state index in [1.54, 1.807) is 4.90 Å². The normalized spacial score (nSPS) is 24.3. The summed E-state index contributed by atoms with van der Waals surface area (Å²) in [5.74, 6) is -0.233. The maximum Gasteiger partial charge on any atom is 0.260 e. The number of carbonyl (C=O) groups excluding carboxylic acids is 2. The molecule has 2 aliphatic heterocycles. The van der Waals surface area contributed by atoms with E-state index < -0.39 is 0 Å². The number of carbonyl (C=O) groups is 2. The van der Waals surface area contributed by atoms with Crippen molar-refractivity contribution in [1.82, 2.24) is 4.90 Å². The molecular formula is C18H23FN2O4. The van der Waals surface area contributed by atoms with E-state index in [-0.39, 0.29) is 42.2 Å². The van der Waals surface area contributed by atoms with Crippen molar-refractivity contribution in [3.63, 3.8) is 0 Å². The molecule has 7 heteroatoms. The number of benzene rings is 1. The van der Waals surface area contributed by atoms with Crippen LogP contribution in [0, 0.1) is 17.7 Å². The zero-order chi connectivity index (χ0) is 17.8. The summed E-state index contributed by atoms with van der Waals surface area (Å²) in [4.78, 5) is 25.5. The lowest BCUT2D eigenvalue weighted by Gasteiger charge is -2.35. The molecule has 2 amide bonds. The largest absolute Gasteiger partial charge is 0.484 e. The van der Waals surface area contributed by atoms with Crippen molar-refractivity contribution in [1.29, 1.82) is 0 Å².